The number of aliphatic hydroxyl groups excluding tert-OH is 1. The monoisotopic (exact) mass is 334 g/mol. The van der Waals surface area contributed by atoms with Gasteiger partial charge in [0.15, 0.2) is 0 Å². The van der Waals surface area contributed by atoms with Gasteiger partial charge in [-0.1, -0.05) is 12.1 Å². The van der Waals surface area contributed by atoms with Crippen molar-refractivity contribution < 1.29 is 19.9 Å². The molecule has 1 aromatic carbocycles. The largest absolute Gasteiger partial charge is 0.497 e. The molecule has 3 N–H and O–H groups in total. The van der Waals surface area contributed by atoms with E-state index in [1.54, 1.807) is 7.11 Å². The van der Waals surface area contributed by atoms with Crippen LogP contribution >= 0.6 is 23.2 Å². The van der Waals surface area contributed by atoms with Crippen LogP contribution in [0, 0.1) is 5.92 Å². The van der Waals surface area contributed by atoms with Crippen LogP contribution in [-0.4, -0.2) is 42.4 Å². The number of methoxy groups -OCH3 is 1. The molecule has 0 unspecified atom stereocenters. The molecule has 0 aliphatic heterocycles. The van der Waals surface area contributed by atoms with Gasteiger partial charge in [-0.15, -0.1) is 23.2 Å². The Morgan fingerprint density at radius 1 is 1.38 bits per heavy atom. The molecule has 0 saturated heterocycles. The summed E-state index contributed by atoms with van der Waals surface area (Å²) < 4.78 is 10.1. The number of alkyl halides is 2. The minimum Gasteiger partial charge on any atom is -0.497 e. The molecule has 118 valence electrons. The lowest BCUT2D eigenvalue weighted by atomic mass is 10.2. The molecule has 0 amide bonds. The molecule has 1 saturated carbocycles. The molecule has 0 radical (unpaired) electrons. The van der Waals surface area contributed by atoms with E-state index in [4.69, 9.17) is 32.7 Å². The number of ether oxygens (including phenoxy) is 2. The fourth-order valence-corrected chi connectivity index (χ4v) is 2.67. The summed E-state index contributed by atoms with van der Waals surface area (Å²) in [7, 11) is 1.64. The summed E-state index contributed by atoms with van der Waals surface area (Å²) in [5.74, 6) is 1.16. The quantitative estimate of drug-likeness (QED) is 0.670. The predicted octanol–water partition coefficient (Wildman–Crippen LogP) is 1.33. The van der Waals surface area contributed by atoms with Gasteiger partial charge in [-0.3, -0.25) is 0 Å². The molecule has 1 aliphatic carbocycles. The van der Waals surface area contributed by atoms with Crippen LogP contribution < -0.4 is 10.1 Å². The van der Waals surface area contributed by atoms with Gasteiger partial charge in [0.25, 0.3) is 0 Å². The first-order valence-corrected chi connectivity index (χ1v) is 7.85. The summed E-state index contributed by atoms with van der Waals surface area (Å²) >= 11 is 11.9. The van der Waals surface area contributed by atoms with Crippen LogP contribution in [0.2, 0.25) is 0 Å². The van der Waals surface area contributed by atoms with Crippen molar-refractivity contribution >= 4 is 23.2 Å². The number of rotatable bonds is 9. The molecule has 2 rings (SSSR count). The van der Waals surface area contributed by atoms with E-state index >= 15 is 0 Å². The summed E-state index contributed by atoms with van der Waals surface area (Å²) in [6.45, 7) is 2.25. The second-order valence-electron chi connectivity index (χ2n) is 5.44. The molecule has 1 aliphatic rings. The van der Waals surface area contributed by atoms with E-state index in [1.807, 2.05) is 29.6 Å². The van der Waals surface area contributed by atoms with Gasteiger partial charge in [0.1, 0.15) is 22.7 Å². The van der Waals surface area contributed by atoms with Crippen molar-refractivity contribution in [3.63, 3.8) is 0 Å². The summed E-state index contributed by atoms with van der Waals surface area (Å²) in [5.41, 5.74) is 1.05. The van der Waals surface area contributed by atoms with Gasteiger partial charge in [0.2, 0.25) is 0 Å². The molecule has 4 nitrogen and oxygen atoms in total. The average molecular weight is 335 g/mol. The van der Waals surface area contributed by atoms with Crippen molar-refractivity contribution in [3.05, 3.63) is 29.8 Å². The zero-order valence-corrected chi connectivity index (χ0v) is 13.6. The van der Waals surface area contributed by atoms with Gasteiger partial charge in [-0.2, -0.15) is 0 Å². The molecular formula is C15H22Cl2NO3+. The Morgan fingerprint density at radius 2 is 2.05 bits per heavy atom. The molecular weight excluding hydrogens is 313 g/mol. The van der Waals surface area contributed by atoms with Gasteiger partial charge >= 0.3 is 0 Å². The molecule has 0 heterocycles. The second kappa shape index (κ2) is 7.65. The van der Waals surface area contributed by atoms with Crippen molar-refractivity contribution in [1.29, 1.82) is 0 Å². The van der Waals surface area contributed by atoms with Gasteiger partial charge < -0.3 is 19.9 Å². The molecule has 0 bridgehead atoms. The molecule has 1 aromatic rings. The predicted molar refractivity (Wildman–Crippen MR) is 82.9 cm³/mol. The Kier molecular flexibility index (Phi) is 6.14. The fourth-order valence-electron chi connectivity index (χ4n) is 2.12. The zero-order chi connectivity index (χ0) is 15.3. The lowest BCUT2D eigenvalue weighted by molar-refractivity contribution is -0.663. The molecule has 0 spiro atoms. The third kappa shape index (κ3) is 5.64. The highest BCUT2D eigenvalue weighted by atomic mass is 35.5. The maximum Gasteiger partial charge on any atom is 0.127 e. The van der Waals surface area contributed by atoms with Crippen LogP contribution in [0.25, 0.3) is 0 Å². The SMILES string of the molecule is COc1ccc(COC[C@@H](O)C[NH2+]C[C@@H]2CC2(Cl)Cl)cc1. The van der Waals surface area contributed by atoms with Gasteiger partial charge in [0.05, 0.1) is 26.9 Å². The summed E-state index contributed by atoms with van der Waals surface area (Å²) in [5, 5.41) is 11.9. The minimum absolute atomic E-state index is 0.320. The number of benzene rings is 1. The van der Waals surface area contributed by atoms with Crippen LogP contribution in [0.4, 0.5) is 0 Å². The fraction of sp³-hybridized carbons (Fsp3) is 0.600. The van der Waals surface area contributed by atoms with E-state index in [2.05, 4.69) is 0 Å². The highest BCUT2D eigenvalue weighted by Crippen LogP contribution is 2.52. The van der Waals surface area contributed by atoms with Crippen molar-refractivity contribution in [2.75, 3.05) is 26.8 Å². The van der Waals surface area contributed by atoms with E-state index in [1.165, 1.54) is 0 Å². The summed E-state index contributed by atoms with van der Waals surface area (Å²) in [6.07, 6.45) is 0.360. The van der Waals surface area contributed by atoms with Crippen LogP contribution in [0.1, 0.15) is 12.0 Å². The lowest BCUT2D eigenvalue weighted by Gasteiger charge is -2.11. The molecule has 21 heavy (non-hydrogen) atoms. The first-order valence-electron chi connectivity index (χ1n) is 7.09. The Bertz CT molecular complexity index is 439. The van der Waals surface area contributed by atoms with Crippen molar-refractivity contribution in [2.45, 2.75) is 23.5 Å². The van der Waals surface area contributed by atoms with Crippen molar-refractivity contribution in [3.8, 4) is 5.75 Å². The first-order chi connectivity index (χ1) is 10.0. The first kappa shape index (κ1) is 16.8. The third-order valence-corrected chi connectivity index (χ3v) is 4.51. The van der Waals surface area contributed by atoms with Gasteiger partial charge in [0, 0.05) is 5.92 Å². The normalized spacial score (nSPS) is 21.0. The molecule has 6 heteroatoms. The van der Waals surface area contributed by atoms with E-state index in [0.29, 0.717) is 25.7 Å². The lowest BCUT2D eigenvalue weighted by Crippen LogP contribution is -2.87. The Labute approximate surface area is 135 Å². The number of nitrogens with two attached hydrogens (primary N) is 1. The van der Waals surface area contributed by atoms with E-state index in [9.17, 15) is 5.11 Å². The van der Waals surface area contributed by atoms with Gasteiger partial charge in [-0.05, 0) is 24.1 Å². The maximum absolute atomic E-state index is 9.83. The minimum atomic E-state index is -0.535. The topological polar surface area (TPSA) is 55.3 Å². The Balaban J connectivity index is 1.55. The van der Waals surface area contributed by atoms with Crippen LogP contribution in [0.5, 0.6) is 5.75 Å². The highest BCUT2D eigenvalue weighted by Gasteiger charge is 2.52. The van der Waals surface area contributed by atoms with Crippen LogP contribution in [-0.2, 0) is 11.3 Å². The van der Waals surface area contributed by atoms with Crippen LogP contribution in [0.3, 0.4) is 0 Å². The number of hydrogen-bond donors (Lipinski definition) is 2. The summed E-state index contributed by atoms with van der Waals surface area (Å²) in [4.78, 5) is 0. The maximum atomic E-state index is 9.83. The molecule has 2 atom stereocenters. The van der Waals surface area contributed by atoms with Crippen molar-refractivity contribution in [2.24, 2.45) is 5.92 Å². The average Bonchev–Trinajstić information content (AvgIpc) is 3.07. The Hall–Kier alpha value is -0.520. The smallest absolute Gasteiger partial charge is 0.127 e. The number of hydrogen-bond acceptors (Lipinski definition) is 3. The standard InChI is InChI=1S/C15H21Cl2NO3/c1-20-14-4-2-11(3-5-14)9-21-10-13(19)8-18-7-12-6-15(12,16)17/h2-5,12-13,18-19H,6-10H2,1H3/p+1/t12-,13-/m0/s1. The molecule has 1 fully saturated rings. The number of aliphatic hydroxyl groups is 1. The van der Waals surface area contributed by atoms with E-state index in [-0.39, 0.29) is 0 Å². The third-order valence-electron chi connectivity index (χ3n) is 3.58. The van der Waals surface area contributed by atoms with E-state index < -0.39 is 10.4 Å². The Morgan fingerprint density at radius 3 is 2.62 bits per heavy atom. The number of quaternary nitrogens is 1. The van der Waals surface area contributed by atoms with Crippen LogP contribution in [0.15, 0.2) is 24.3 Å². The van der Waals surface area contributed by atoms with Gasteiger partial charge in [-0.25, -0.2) is 0 Å². The number of halogens is 2. The van der Waals surface area contributed by atoms with E-state index in [0.717, 1.165) is 24.3 Å². The molecule has 0 aromatic heterocycles. The van der Waals surface area contributed by atoms with Crippen molar-refractivity contribution in [1.82, 2.24) is 0 Å². The summed E-state index contributed by atoms with van der Waals surface area (Å²) in [6, 6.07) is 7.68. The second-order valence-corrected chi connectivity index (χ2v) is 6.98. The highest BCUT2D eigenvalue weighted by molar-refractivity contribution is 6.50. The zero-order valence-electron chi connectivity index (χ0n) is 12.1.